The third-order valence-electron chi connectivity index (χ3n) is 3.45. The van der Waals surface area contributed by atoms with Gasteiger partial charge in [-0.05, 0) is 53.5 Å². The van der Waals surface area contributed by atoms with E-state index in [0.717, 1.165) is 5.56 Å². The van der Waals surface area contributed by atoms with Crippen LogP contribution in [0.25, 0.3) is 0 Å². The van der Waals surface area contributed by atoms with E-state index in [2.05, 4.69) is 31.4 Å². The van der Waals surface area contributed by atoms with Crippen molar-refractivity contribution < 1.29 is 9.90 Å². The number of phenols is 1. The molecule has 2 aromatic carbocycles. The normalized spacial score (nSPS) is 11.0. The van der Waals surface area contributed by atoms with Crippen molar-refractivity contribution in [3.8, 4) is 5.75 Å². The molecule has 2 aromatic rings. The van der Waals surface area contributed by atoms with Gasteiger partial charge in [0.05, 0.1) is 5.69 Å². The van der Waals surface area contributed by atoms with Gasteiger partial charge in [-0.15, -0.1) is 0 Å². The summed E-state index contributed by atoms with van der Waals surface area (Å²) in [6.07, 6.45) is 0. The highest BCUT2D eigenvalue weighted by atomic mass is 35.5. The van der Waals surface area contributed by atoms with Crippen molar-refractivity contribution in [3.63, 3.8) is 0 Å². The molecule has 3 N–H and O–H groups in total. The van der Waals surface area contributed by atoms with Gasteiger partial charge in [0.2, 0.25) is 0 Å². The maximum atomic E-state index is 12.2. The van der Waals surface area contributed by atoms with Crippen LogP contribution in [0, 0.1) is 0 Å². The predicted molar refractivity (Wildman–Crippen MR) is 102 cm³/mol. The highest BCUT2D eigenvalue weighted by Gasteiger charge is 2.15. The van der Waals surface area contributed by atoms with Crippen molar-refractivity contribution in [2.45, 2.75) is 26.2 Å². The highest BCUT2D eigenvalue weighted by Crippen LogP contribution is 2.26. The summed E-state index contributed by atoms with van der Waals surface area (Å²) < 4.78 is 0. The first-order chi connectivity index (χ1) is 11.2. The van der Waals surface area contributed by atoms with Gasteiger partial charge in [-0.3, -0.25) is 10.1 Å². The number of anilines is 1. The molecule has 0 heterocycles. The fraction of sp³-hybridized carbons (Fsp3) is 0.222. The monoisotopic (exact) mass is 362 g/mol. The van der Waals surface area contributed by atoms with Gasteiger partial charge in [0.1, 0.15) is 5.75 Å². The summed E-state index contributed by atoms with van der Waals surface area (Å²) in [5.41, 5.74) is 2.00. The first-order valence-electron chi connectivity index (χ1n) is 7.38. The second-order valence-corrected chi connectivity index (χ2v) is 7.24. The molecule has 0 aliphatic rings. The summed E-state index contributed by atoms with van der Waals surface area (Å²) in [7, 11) is 0. The third-order valence-corrected chi connectivity index (χ3v) is 3.89. The lowest BCUT2D eigenvalue weighted by Gasteiger charge is -2.19. The lowest BCUT2D eigenvalue weighted by molar-refractivity contribution is 0.0977. The molecule has 0 aromatic heterocycles. The molecule has 2 rings (SSSR count). The molecule has 0 fully saturated rings. The molecule has 0 bridgehead atoms. The lowest BCUT2D eigenvalue weighted by atomic mass is 9.87. The summed E-state index contributed by atoms with van der Waals surface area (Å²) in [5, 5.41) is 15.6. The molecule has 0 saturated heterocycles. The quantitative estimate of drug-likeness (QED) is 0.545. The van der Waals surface area contributed by atoms with Gasteiger partial charge in [-0.2, -0.15) is 0 Å². The molecule has 0 aliphatic carbocycles. The van der Waals surface area contributed by atoms with E-state index >= 15 is 0 Å². The number of halogens is 1. The Morgan fingerprint density at radius 3 is 2.33 bits per heavy atom. The molecule has 24 heavy (non-hydrogen) atoms. The molecule has 0 atom stereocenters. The van der Waals surface area contributed by atoms with Crippen molar-refractivity contribution in [1.29, 1.82) is 0 Å². The van der Waals surface area contributed by atoms with Crippen LogP contribution < -0.4 is 10.6 Å². The molecule has 0 aliphatic heterocycles. The molecule has 0 unspecified atom stereocenters. The Morgan fingerprint density at radius 2 is 1.75 bits per heavy atom. The van der Waals surface area contributed by atoms with Gasteiger partial charge in [-0.25, -0.2) is 0 Å². The number of amides is 1. The standard InChI is InChI=1S/C18H19ClN2O2S/c1-18(2,3)12-6-4-11(5-7-12)16(23)21-17(24)20-14-10-13(19)8-9-15(14)22/h4-10,22H,1-3H3,(H2,20,21,23,24). The molecule has 0 radical (unpaired) electrons. The number of phenolic OH excluding ortho intramolecular Hbond substituents is 1. The second-order valence-electron chi connectivity index (χ2n) is 6.40. The molecule has 6 heteroatoms. The minimum absolute atomic E-state index is 0.00877. The Kier molecular flexibility index (Phi) is 5.47. The van der Waals surface area contributed by atoms with Crippen LogP contribution in [0.1, 0.15) is 36.7 Å². The summed E-state index contributed by atoms with van der Waals surface area (Å²) in [6.45, 7) is 6.33. The molecule has 1 amide bonds. The Hall–Kier alpha value is -2.11. The van der Waals surface area contributed by atoms with E-state index in [0.29, 0.717) is 16.3 Å². The Labute approximate surface area is 151 Å². The zero-order valence-electron chi connectivity index (χ0n) is 13.7. The third kappa shape index (κ3) is 4.69. The Morgan fingerprint density at radius 1 is 1.12 bits per heavy atom. The van der Waals surface area contributed by atoms with Gasteiger partial charge >= 0.3 is 0 Å². The van der Waals surface area contributed by atoms with Crippen molar-refractivity contribution >= 4 is 40.5 Å². The van der Waals surface area contributed by atoms with Crippen LogP contribution >= 0.6 is 23.8 Å². The van der Waals surface area contributed by atoms with E-state index in [1.165, 1.54) is 12.1 Å². The van der Waals surface area contributed by atoms with Crippen molar-refractivity contribution in [2.24, 2.45) is 0 Å². The molecule has 126 valence electrons. The fourth-order valence-corrected chi connectivity index (χ4v) is 2.43. The Bertz CT molecular complexity index is 768. The van der Waals surface area contributed by atoms with Crippen molar-refractivity contribution in [1.82, 2.24) is 5.32 Å². The number of benzene rings is 2. The van der Waals surface area contributed by atoms with Crippen LogP contribution in [-0.4, -0.2) is 16.1 Å². The molecule has 0 saturated carbocycles. The Balaban J connectivity index is 2.04. The summed E-state index contributed by atoms with van der Waals surface area (Å²) in [4.78, 5) is 12.2. The van der Waals surface area contributed by atoms with Gasteiger partial charge in [0, 0.05) is 10.6 Å². The maximum Gasteiger partial charge on any atom is 0.257 e. The number of hydrogen-bond acceptors (Lipinski definition) is 3. The number of thiocarbonyl (C=S) groups is 1. The van der Waals surface area contributed by atoms with Crippen LogP contribution in [0.5, 0.6) is 5.75 Å². The van der Waals surface area contributed by atoms with Crippen LogP contribution in [0.3, 0.4) is 0 Å². The average Bonchev–Trinajstić information content (AvgIpc) is 2.50. The van der Waals surface area contributed by atoms with Gasteiger partial charge < -0.3 is 10.4 Å². The number of hydrogen-bond donors (Lipinski definition) is 3. The molecular formula is C18H19ClN2O2S. The second kappa shape index (κ2) is 7.20. The smallest absolute Gasteiger partial charge is 0.257 e. The zero-order valence-corrected chi connectivity index (χ0v) is 15.3. The number of nitrogens with one attached hydrogen (secondary N) is 2. The molecule has 4 nitrogen and oxygen atoms in total. The van der Waals surface area contributed by atoms with Crippen LogP contribution in [0.4, 0.5) is 5.69 Å². The minimum atomic E-state index is -0.325. The van der Waals surface area contributed by atoms with Crippen LogP contribution in [-0.2, 0) is 5.41 Å². The number of carbonyl (C=O) groups excluding carboxylic acids is 1. The van der Waals surface area contributed by atoms with Crippen LogP contribution in [0.2, 0.25) is 5.02 Å². The average molecular weight is 363 g/mol. The van der Waals surface area contributed by atoms with E-state index in [-0.39, 0.29) is 22.2 Å². The van der Waals surface area contributed by atoms with E-state index in [1.807, 2.05) is 12.1 Å². The fourth-order valence-electron chi connectivity index (χ4n) is 2.06. The lowest BCUT2D eigenvalue weighted by Crippen LogP contribution is -2.34. The van der Waals surface area contributed by atoms with E-state index in [4.69, 9.17) is 23.8 Å². The van der Waals surface area contributed by atoms with Gasteiger partial charge in [0.25, 0.3) is 5.91 Å². The first-order valence-corrected chi connectivity index (χ1v) is 8.17. The largest absolute Gasteiger partial charge is 0.506 e. The van der Waals surface area contributed by atoms with Crippen molar-refractivity contribution in [3.05, 3.63) is 58.6 Å². The number of rotatable bonds is 2. The van der Waals surface area contributed by atoms with Crippen LogP contribution in [0.15, 0.2) is 42.5 Å². The highest BCUT2D eigenvalue weighted by molar-refractivity contribution is 7.80. The topological polar surface area (TPSA) is 61.4 Å². The molecule has 0 spiro atoms. The first kappa shape index (κ1) is 18.2. The zero-order chi connectivity index (χ0) is 17.9. The maximum absolute atomic E-state index is 12.2. The van der Waals surface area contributed by atoms with Gasteiger partial charge in [-0.1, -0.05) is 44.5 Å². The predicted octanol–water partition coefficient (Wildman–Crippen LogP) is 4.47. The number of carbonyl (C=O) groups is 1. The molecular weight excluding hydrogens is 344 g/mol. The van der Waals surface area contributed by atoms with E-state index in [1.54, 1.807) is 18.2 Å². The van der Waals surface area contributed by atoms with E-state index < -0.39 is 0 Å². The summed E-state index contributed by atoms with van der Waals surface area (Å²) in [5.74, 6) is -0.333. The number of aromatic hydroxyl groups is 1. The van der Waals surface area contributed by atoms with Gasteiger partial charge in [0.15, 0.2) is 5.11 Å². The summed E-state index contributed by atoms with van der Waals surface area (Å²) in [6, 6.07) is 11.9. The minimum Gasteiger partial charge on any atom is -0.506 e. The summed E-state index contributed by atoms with van der Waals surface area (Å²) >= 11 is 11.0. The SMILES string of the molecule is CC(C)(C)c1ccc(C(=O)NC(=S)Nc2cc(Cl)ccc2O)cc1. The van der Waals surface area contributed by atoms with E-state index in [9.17, 15) is 9.90 Å². The van der Waals surface area contributed by atoms with Crippen molar-refractivity contribution in [2.75, 3.05) is 5.32 Å².